The summed E-state index contributed by atoms with van der Waals surface area (Å²) in [4.78, 5) is 0. The lowest BCUT2D eigenvalue weighted by molar-refractivity contribution is 0.414. The number of hydrogen-bond acceptors (Lipinski definition) is 4. The van der Waals surface area contributed by atoms with Gasteiger partial charge in [0, 0.05) is 17.3 Å². The second kappa shape index (κ2) is 10.7. The first-order valence-corrected chi connectivity index (χ1v) is 11.0. The average molecular weight is 363 g/mol. The normalized spacial score (nSPS) is 11.0. The molecule has 0 saturated carbocycles. The topological polar surface area (TPSA) is 9.23 Å². The summed E-state index contributed by atoms with van der Waals surface area (Å²) in [6.45, 7) is 2.13. The molecule has 1 nitrogen and oxygen atoms in total. The quantitative estimate of drug-likeness (QED) is 0.380. The van der Waals surface area contributed by atoms with Crippen molar-refractivity contribution >= 4 is 33.3 Å². The third-order valence-electron chi connectivity index (χ3n) is 3.21. The molecule has 23 heavy (non-hydrogen) atoms. The first-order valence-electron chi connectivity index (χ1n) is 7.47. The van der Waals surface area contributed by atoms with E-state index in [0.717, 1.165) is 23.0 Å². The predicted molar refractivity (Wildman–Crippen MR) is 108 cm³/mol. The highest BCUT2D eigenvalue weighted by Gasteiger charge is 1.95. The van der Waals surface area contributed by atoms with Crippen LogP contribution in [0.25, 0.3) is 0 Å². The molecule has 0 N–H and O–H groups in total. The molecule has 0 aliphatic heterocycles. The van der Waals surface area contributed by atoms with Gasteiger partial charge in [-0.05, 0) is 35.6 Å². The van der Waals surface area contributed by atoms with Gasteiger partial charge in [-0.3, -0.25) is 0 Å². The molecule has 0 bridgehead atoms. The van der Waals surface area contributed by atoms with Gasteiger partial charge in [-0.25, -0.2) is 0 Å². The van der Waals surface area contributed by atoms with Crippen LogP contribution in [-0.4, -0.2) is 12.9 Å². The monoisotopic (exact) mass is 362 g/mol. The minimum atomic E-state index is 0.914. The fraction of sp³-hybridized carbons (Fsp3) is 0.263. The first-order chi connectivity index (χ1) is 11.3. The summed E-state index contributed by atoms with van der Waals surface area (Å²) in [5.41, 5.74) is 4.05. The Bertz CT molecular complexity index is 591. The number of benzene rings is 2. The van der Waals surface area contributed by atoms with Crippen molar-refractivity contribution in [3.05, 3.63) is 76.7 Å². The van der Waals surface area contributed by atoms with Gasteiger partial charge in [0.25, 0.3) is 0 Å². The van der Waals surface area contributed by atoms with E-state index in [1.54, 1.807) is 17.9 Å². The zero-order valence-electron chi connectivity index (χ0n) is 13.5. The standard InChI is InChI=1S/C19H22OS3/c1-16-4-6-17(7-5-16)14-21-12-3-13-22-23-15-18-8-10-19(20-2)11-9-18/h3-11,13H,12,14-15H2,1-2H3. The molecule has 0 spiro atoms. The fourth-order valence-electron chi connectivity index (χ4n) is 1.87. The summed E-state index contributed by atoms with van der Waals surface area (Å²) >= 11 is 1.95. The van der Waals surface area contributed by atoms with Crippen molar-refractivity contribution in [2.24, 2.45) is 0 Å². The van der Waals surface area contributed by atoms with Gasteiger partial charge in [-0.15, -0.1) is 0 Å². The van der Waals surface area contributed by atoms with Crippen molar-refractivity contribution in [2.75, 3.05) is 12.9 Å². The number of thioether (sulfide) groups is 1. The predicted octanol–water partition coefficient (Wildman–Crippen LogP) is 6.33. The number of aryl methyl sites for hydroxylation is 1. The van der Waals surface area contributed by atoms with E-state index in [0.29, 0.717) is 0 Å². The lowest BCUT2D eigenvalue weighted by Gasteiger charge is -2.02. The van der Waals surface area contributed by atoms with Crippen LogP contribution in [0.3, 0.4) is 0 Å². The molecule has 4 heteroatoms. The van der Waals surface area contributed by atoms with Crippen molar-refractivity contribution in [3.63, 3.8) is 0 Å². The van der Waals surface area contributed by atoms with E-state index >= 15 is 0 Å². The van der Waals surface area contributed by atoms with Gasteiger partial charge in [0.15, 0.2) is 0 Å². The summed E-state index contributed by atoms with van der Waals surface area (Å²) in [5.74, 6) is 4.06. The molecule has 0 amide bonds. The molecule has 0 unspecified atom stereocenters. The molecule has 0 radical (unpaired) electrons. The SMILES string of the molecule is COc1ccc(CSSC=CCSCc2ccc(C)cc2)cc1. The third kappa shape index (κ3) is 7.42. The van der Waals surface area contributed by atoms with Crippen LogP contribution in [0, 0.1) is 6.92 Å². The molecule has 0 aliphatic carbocycles. The summed E-state index contributed by atoms with van der Waals surface area (Å²) < 4.78 is 5.16. The Balaban J connectivity index is 1.55. The third-order valence-corrected chi connectivity index (χ3v) is 6.16. The minimum Gasteiger partial charge on any atom is -0.497 e. The van der Waals surface area contributed by atoms with Crippen LogP contribution in [0.2, 0.25) is 0 Å². The minimum absolute atomic E-state index is 0.914. The van der Waals surface area contributed by atoms with Crippen LogP contribution in [0.1, 0.15) is 16.7 Å². The summed E-state index contributed by atoms with van der Waals surface area (Å²) in [5, 5.41) is 2.19. The maximum absolute atomic E-state index is 5.16. The van der Waals surface area contributed by atoms with Crippen LogP contribution in [0.4, 0.5) is 0 Å². The molecule has 0 aromatic heterocycles. The Morgan fingerprint density at radius 3 is 2.26 bits per heavy atom. The van der Waals surface area contributed by atoms with Crippen LogP contribution in [0.15, 0.2) is 60.0 Å². The first kappa shape index (κ1) is 18.4. The summed E-state index contributed by atoms with van der Waals surface area (Å²) in [7, 11) is 5.35. The molecule has 2 aromatic rings. The van der Waals surface area contributed by atoms with Crippen molar-refractivity contribution in [1.29, 1.82) is 0 Å². The Kier molecular flexibility index (Phi) is 8.58. The maximum Gasteiger partial charge on any atom is 0.118 e. The van der Waals surface area contributed by atoms with Crippen molar-refractivity contribution in [2.45, 2.75) is 18.4 Å². The second-order valence-electron chi connectivity index (χ2n) is 5.08. The Morgan fingerprint density at radius 1 is 0.913 bits per heavy atom. The molecule has 0 heterocycles. The highest BCUT2D eigenvalue weighted by molar-refractivity contribution is 8.77. The van der Waals surface area contributed by atoms with Crippen LogP contribution < -0.4 is 4.74 Å². The lowest BCUT2D eigenvalue weighted by Crippen LogP contribution is -1.83. The molecule has 0 saturated heterocycles. The average Bonchev–Trinajstić information content (AvgIpc) is 2.59. The lowest BCUT2D eigenvalue weighted by atomic mass is 10.2. The maximum atomic E-state index is 5.16. The molecule has 122 valence electrons. The van der Waals surface area contributed by atoms with Crippen molar-refractivity contribution in [3.8, 4) is 5.75 Å². The zero-order valence-corrected chi connectivity index (χ0v) is 16.0. The van der Waals surface area contributed by atoms with Crippen molar-refractivity contribution < 1.29 is 4.74 Å². The molecule has 0 aliphatic rings. The molecule has 2 aromatic carbocycles. The van der Waals surface area contributed by atoms with Gasteiger partial charge >= 0.3 is 0 Å². The molecular formula is C19H22OS3. The number of ether oxygens (including phenoxy) is 1. The van der Waals surface area contributed by atoms with Gasteiger partial charge in [-0.2, -0.15) is 11.8 Å². The number of methoxy groups -OCH3 is 1. The highest BCUT2D eigenvalue weighted by Crippen LogP contribution is 2.27. The van der Waals surface area contributed by atoms with E-state index in [9.17, 15) is 0 Å². The molecule has 0 atom stereocenters. The van der Waals surface area contributed by atoms with Gasteiger partial charge < -0.3 is 4.74 Å². The highest BCUT2D eigenvalue weighted by atomic mass is 33.1. The molecule has 2 rings (SSSR count). The van der Waals surface area contributed by atoms with Gasteiger partial charge in [0.05, 0.1) is 7.11 Å². The van der Waals surface area contributed by atoms with E-state index in [-0.39, 0.29) is 0 Å². The fourth-order valence-corrected chi connectivity index (χ4v) is 4.50. The second-order valence-corrected chi connectivity index (χ2v) is 8.38. The number of hydrogen-bond donors (Lipinski definition) is 0. The van der Waals surface area contributed by atoms with Crippen LogP contribution >= 0.6 is 33.3 Å². The smallest absolute Gasteiger partial charge is 0.118 e. The Hall–Kier alpha value is -0.970. The van der Waals surface area contributed by atoms with E-state index in [4.69, 9.17) is 4.74 Å². The van der Waals surface area contributed by atoms with Crippen LogP contribution in [0.5, 0.6) is 5.75 Å². The number of rotatable bonds is 9. The van der Waals surface area contributed by atoms with Gasteiger partial charge in [0.2, 0.25) is 0 Å². The van der Waals surface area contributed by atoms with Gasteiger partial charge in [0.1, 0.15) is 5.75 Å². The van der Waals surface area contributed by atoms with Gasteiger partial charge in [-0.1, -0.05) is 69.6 Å². The van der Waals surface area contributed by atoms with E-state index in [2.05, 4.69) is 54.8 Å². The largest absolute Gasteiger partial charge is 0.497 e. The van der Waals surface area contributed by atoms with Crippen molar-refractivity contribution in [1.82, 2.24) is 0 Å². The van der Waals surface area contributed by atoms with E-state index in [1.165, 1.54) is 16.7 Å². The zero-order chi connectivity index (χ0) is 16.3. The van der Waals surface area contributed by atoms with Crippen LogP contribution in [-0.2, 0) is 11.5 Å². The summed E-state index contributed by atoms with van der Waals surface area (Å²) in [6, 6.07) is 17.0. The molecule has 0 fully saturated rings. The Morgan fingerprint density at radius 2 is 1.57 bits per heavy atom. The molecular weight excluding hydrogens is 340 g/mol. The van der Waals surface area contributed by atoms with E-state index in [1.807, 2.05) is 34.7 Å². The Labute approximate surface area is 151 Å². The summed E-state index contributed by atoms with van der Waals surface area (Å²) in [6.07, 6.45) is 2.24. The van der Waals surface area contributed by atoms with E-state index < -0.39 is 0 Å².